The van der Waals surface area contributed by atoms with Crippen LogP contribution in [0.25, 0.3) is 11.0 Å². The third-order valence-corrected chi connectivity index (χ3v) is 3.28. The molecule has 3 heterocycles. The lowest BCUT2D eigenvalue weighted by Crippen LogP contribution is -2.17. The van der Waals surface area contributed by atoms with E-state index in [9.17, 15) is 0 Å². The minimum Gasteiger partial charge on any atom is -0.299 e. The first kappa shape index (κ1) is 9.66. The molecule has 0 unspecified atom stereocenters. The van der Waals surface area contributed by atoms with E-state index in [-0.39, 0.29) is 0 Å². The van der Waals surface area contributed by atoms with Crippen LogP contribution >= 0.6 is 0 Å². The van der Waals surface area contributed by atoms with Gasteiger partial charge in [0.15, 0.2) is 0 Å². The van der Waals surface area contributed by atoms with Crippen molar-refractivity contribution in [3.8, 4) is 0 Å². The number of hydrogen-bond donors (Lipinski definition) is 0. The first-order chi connectivity index (χ1) is 7.84. The maximum absolute atomic E-state index is 4.41. The maximum Gasteiger partial charge on any atom is 0.116 e. The summed E-state index contributed by atoms with van der Waals surface area (Å²) in [7, 11) is 2.17. The Labute approximate surface area is 94.4 Å². The van der Waals surface area contributed by atoms with Crippen molar-refractivity contribution in [2.45, 2.75) is 18.9 Å². The summed E-state index contributed by atoms with van der Waals surface area (Å²) in [5, 5.41) is 0. The Morgan fingerprint density at radius 2 is 2.19 bits per heavy atom. The van der Waals surface area contributed by atoms with Crippen LogP contribution in [-0.2, 0) is 0 Å². The van der Waals surface area contributed by atoms with Gasteiger partial charge in [-0.05, 0) is 38.1 Å². The summed E-state index contributed by atoms with van der Waals surface area (Å²) < 4.78 is 0. The standard InChI is InChI=1S/C12H14N4/c1-16-4-2-3-12(16)9-5-10-11(14-6-9)7-13-8-15-10/h5-8,12H,2-4H2,1H3/t12-/m0/s1. The summed E-state index contributed by atoms with van der Waals surface area (Å²) in [5.41, 5.74) is 3.07. The molecule has 1 saturated heterocycles. The molecule has 0 bridgehead atoms. The molecule has 4 heteroatoms. The van der Waals surface area contributed by atoms with E-state index in [2.05, 4.69) is 33.0 Å². The van der Waals surface area contributed by atoms with Crippen molar-refractivity contribution >= 4 is 11.0 Å². The van der Waals surface area contributed by atoms with Crippen molar-refractivity contribution in [3.05, 3.63) is 30.4 Å². The van der Waals surface area contributed by atoms with Crippen LogP contribution in [0.4, 0.5) is 0 Å². The molecule has 0 radical (unpaired) electrons. The van der Waals surface area contributed by atoms with Gasteiger partial charge < -0.3 is 0 Å². The van der Waals surface area contributed by atoms with E-state index >= 15 is 0 Å². The molecular formula is C12H14N4. The number of hydrogen-bond acceptors (Lipinski definition) is 4. The lowest BCUT2D eigenvalue weighted by atomic mass is 10.1. The smallest absolute Gasteiger partial charge is 0.116 e. The largest absolute Gasteiger partial charge is 0.299 e. The molecule has 2 aromatic rings. The number of fused-ring (bicyclic) bond motifs is 1. The quantitative estimate of drug-likeness (QED) is 0.725. The second kappa shape index (κ2) is 3.79. The van der Waals surface area contributed by atoms with Gasteiger partial charge in [0.05, 0.1) is 11.7 Å². The minimum absolute atomic E-state index is 0.506. The SMILES string of the molecule is CN1CCC[C@H]1c1cnc2cncnc2c1. The van der Waals surface area contributed by atoms with E-state index in [1.54, 1.807) is 12.5 Å². The van der Waals surface area contributed by atoms with Crippen LogP contribution in [-0.4, -0.2) is 33.4 Å². The first-order valence-electron chi connectivity index (χ1n) is 5.60. The molecule has 82 valence electrons. The molecule has 16 heavy (non-hydrogen) atoms. The number of pyridine rings is 1. The van der Waals surface area contributed by atoms with Gasteiger partial charge in [0, 0.05) is 12.2 Å². The highest BCUT2D eigenvalue weighted by atomic mass is 15.1. The van der Waals surface area contributed by atoms with Gasteiger partial charge in [0.25, 0.3) is 0 Å². The van der Waals surface area contributed by atoms with Crippen LogP contribution in [0.15, 0.2) is 24.8 Å². The summed E-state index contributed by atoms with van der Waals surface area (Å²) in [6.45, 7) is 1.17. The summed E-state index contributed by atoms with van der Waals surface area (Å²) in [6, 6.07) is 2.64. The van der Waals surface area contributed by atoms with Crippen molar-refractivity contribution in [3.63, 3.8) is 0 Å². The molecule has 1 aliphatic rings. The van der Waals surface area contributed by atoms with Gasteiger partial charge in [0.2, 0.25) is 0 Å². The molecule has 0 aromatic carbocycles. The second-order valence-electron chi connectivity index (χ2n) is 4.33. The summed E-state index contributed by atoms with van der Waals surface area (Å²) in [4.78, 5) is 15.0. The molecule has 0 N–H and O–H groups in total. The predicted molar refractivity (Wildman–Crippen MR) is 61.9 cm³/mol. The van der Waals surface area contributed by atoms with Crippen molar-refractivity contribution in [1.29, 1.82) is 0 Å². The average molecular weight is 214 g/mol. The fourth-order valence-electron chi connectivity index (χ4n) is 2.40. The first-order valence-corrected chi connectivity index (χ1v) is 5.60. The van der Waals surface area contributed by atoms with Gasteiger partial charge >= 0.3 is 0 Å². The van der Waals surface area contributed by atoms with E-state index in [4.69, 9.17) is 0 Å². The van der Waals surface area contributed by atoms with Gasteiger partial charge in [0.1, 0.15) is 11.8 Å². The van der Waals surface area contributed by atoms with Crippen LogP contribution in [0.1, 0.15) is 24.4 Å². The zero-order chi connectivity index (χ0) is 11.0. The summed E-state index contributed by atoms with van der Waals surface area (Å²) in [6.07, 6.45) is 7.77. The highest BCUT2D eigenvalue weighted by Crippen LogP contribution is 2.30. The molecule has 1 aliphatic heterocycles. The molecule has 4 nitrogen and oxygen atoms in total. The summed E-state index contributed by atoms with van der Waals surface area (Å²) >= 11 is 0. The van der Waals surface area contributed by atoms with Gasteiger partial charge in [-0.25, -0.2) is 9.97 Å². The monoisotopic (exact) mass is 214 g/mol. The molecule has 0 spiro atoms. The molecule has 1 fully saturated rings. The Hall–Kier alpha value is -1.55. The van der Waals surface area contributed by atoms with Crippen LogP contribution in [0.2, 0.25) is 0 Å². The lowest BCUT2D eigenvalue weighted by molar-refractivity contribution is 0.317. The van der Waals surface area contributed by atoms with Gasteiger partial charge in [-0.1, -0.05) is 0 Å². The van der Waals surface area contributed by atoms with Gasteiger partial charge in [-0.15, -0.1) is 0 Å². The molecular weight excluding hydrogens is 200 g/mol. The minimum atomic E-state index is 0.506. The van der Waals surface area contributed by atoms with Crippen LogP contribution in [0.5, 0.6) is 0 Å². The zero-order valence-corrected chi connectivity index (χ0v) is 9.30. The molecule has 0 aliphatic carbocycles. The van der Waals surface area contributed by atoms with E-state index in [0.717, 1.165) is 11.0 Å². The van der Waals surface area contributed by atoms with Crippen molar-refractivity contribution in [2.75, 3.05) is 13.6 Å². The van der Waals surface area contributed by atoms with Crippen LogP contribution in [0.3, 0.4) is 0 Å². The highest BCUT2D eigenvalue weighted by molar-refractivity contribution is 5.73. The third kappa shape index (κ3) is 1.55. The summed E-state index contributed by atoms with van der Waals surface area (Å²) in [5.74, 6) is 0. The van der Waals surface area contributed by atoms with E-state index in [1.807, 2.05) is 6.20 Å². The van der Waals surface area contributed by atoms with Crippen molar-refractivity contribution < 1.29 is 0 Å². The molecule has 1 atom stereocenters. The predicted octanol–water partition coefficient (Wildman–Crippen LogP) is 1.79. The van der Waals surface area contributed by atoms with Crippen molar-refractivity contribution in [2.24, 2.45) is 0 Å². The Kier molecular flexibility index (Phi) is 2.29. The number of aromatic nitrogens is 3. The van der Waals surface area contributed by atoms with Crippen LogP contribution in [0, 0.1) is 0 Å². The number of likely N-dealkylation sites (tertiary alicyclic amines) is 1. The normalized spacial score (nSPS) is 21.7. The Morgan fingerprint density at radius 1 is 1.25 bits per heavy atom. The fraction of sp³-hybridized carbons (Fsp3) is 0.417. The van der Waals surface area contributed by atoms with E-state index in [1.165, 1.54) is 24.9 Å². The van der Waals surface area contributed by atoms with Gasteiger partial charge in [-0.2, -0.15) is 0 Å². The molecule has 0 saturated carbocycles. The van der Waals surface area contributed by atoms with E-state index in [0.29, 0.717) is 6.04 Å². The van der Waals surface area contributed by atoms with Crippen LogP contribution < -0.4 is 0 Å². The lowest BCUT2D eigenvalue weighted by Gasteiger charge is -2.19. The third-order valence-electron chi connectivity index (χ3n) is 3.28. The Morgan fingerprint density at radius 3 is 3.00 bits per heavy atom. The molecule has 2 aromatic heterocycles. The average Bonchev–Trinajstić information content (AvgIpc) is 2.75. The number of nitrogens with zero attached hydrogens (tertiary/aromatic N) is 4. The second-order valence-corrected chi connectivity index (χ2v) is 4.33. The highest BCUT2D eigenvalue weighted by Gasteiger charge is 2.22. The van der Waals surface area contributed by atoms with Crippen molar-refractivity contribution in [1.82, 2.24) is 19.9 Å². The van der Waals surface area contributed by atoms with E-state index < -0.39 is 0 Å². The Bertz CT molecular complexity index is 511. The number of rotatable bonds is 1. The zero-order valence-electron chi connectivity index (χ0n) is 9.30. The molecule has 0 amide bonds. The van der Waals surface area contributed by atoms with Gasteiger partial charge in [-0.3, -0.25) is 9.88 Å². The molecule has 3 rings (SSSR count). The maximum atomic E-state index is 4.41. The fourth-order valence-corrected chi connectivity index (χ4v) is 2.40. The Balaban J connectivity index is 2.04. The topological polar surface area (TPSA) is 41.9 Å².